The maximum Gasteiger partial charge on any atom is 0.241 e. The first-order valence-electron chi connectivity index (χ1n) is 7.17. The summed E-state index contributed by atoms with van der Waals surface area (Å²) in [4.78, 5) is 15.4. The maximum absolute atomic E-state index is 11.6. The van der Waals surface area contributed by atoms with Gasteiger partial charge >= 0.3 is 0 Å². The normalized spacial score (nSPS) is 17.1. The summed E-state index contributed by atoms with van der Waals surface area (Å²) in [6, 6.07) is 0.634. The molecule has 1 amide bonds. The number of nitrogens with one attached hydrogen (secondary N) is 2. The van der Waals surface area contributed by atoms with Gasteiger partial charge in [0.1, 0.15) is 19.2 Å². The third-order valence-electron chi connectivity index (χ3n) is 3.51. The lowest BCUT2D eigenvalue weighted by atomic mass is 10.1. The summed E-state index contributed by atoms with van der Waals surface area (Å²) in [5, 5.41) is 10.3. The van der Waals surface area contributed by atoms with Crippen LogP contribution in [0, 0.1) is 0 Å². The molecular formula is C13H23N5O. The molecular weight excluding hydrogens is 242 g/mol. The Morgan fingerprint density at radius 3 is 2.68 bits per heavy atom. The Labute approximate surface area is 114 Å². The highest BCUT2D eigenvalue weighted by Gasteiger charge is 2.11. The molecule has 2 N–H and O–H groups in total. The summed E-state index contributed by atoms with van der Waals surface area (Å²) >= 11 is 0. The van der Waals surface area contributed by atoms with Gasteiger partial charge in [0, 0.05) is 19.1 Å². The van der Waals surface area contributed by atoms with Crippen LogP contribution in [0.3, 0.4) is 0 Å². The Bertz CT molecular complexity index is 357. The van der Waals surface area contributed by atoms with Crippen molar-refractivity contribution in [3.05, 3.63) is 12.7 Å². The molecule has 1 fully saturated rings. The lowest BCUT2D eigenvalue weighted by Gasteiger charge is -2.16. The van der Waals surface area contributed by atoms with E-state index in [1.165, 1.54) is 49.5 Å². The van der Waals surface area contributed by atoms with E-state index in [4.69, 9.17) is 0 Å². The Morgan fingerprint density at radius 1 is 1.21 bits per heavy atom. The lowest BCUT2D eigenvalue weighted by molar-refractivity contribution is -0.121. The molecule has 1 aromatic heterocycles. The van der Waals surface area contributed by atoms with E-state index in [2.05, 4.69) is 20.7 Å². The standard InChI is InChI=1S/C13H23N5O/c19-13(9-18-11-14-10-17-18)16-8-7-15-12-5-3-1-2-4-6-12/h10-12,15H,1-9H2,(H,16,19). The topological polar surface area (TPSA) is 71.8 Å². The minimum absolute atomic E-state index is 0.0202. The smallest absolute Gasteiger partial charge is 0.241 e. The highest BCUT2D eigenvalue weighted by atomic mass is 16.2. The van der Waals surface area contributed by atoms with Crippen LogP contribution in [-0.4, -0.2) is 39.8 Å². The van der Waals surface area contributed by atoms with Gasteiger partial charge in [0.2, 0.25) is 5.91 Å². The van der Waals surface area contributed by atoms with Crippen molar-refractivity contribution in [1.82, 2.24) is 25.4 Å². The van der Waals surface area contributed by atoms with Crippen molar-refractivity contribution in [2.45, 2.75) is 51.1 Å². The van der Waals surface area contributed by atoms with Crippen LogP contribution in [0.15, 0.2) is 12.7 Å². The number of hydrogen-bond donors (Lipinski definition) is 2. The van der Waals surface area contributed by atoms with Crippen molar-refractivity contribution >= 4 is 5.91 Å². The highest BCUT2D eigenvalue weighted by Crippen LogP contribution is 2.16. The molecule has 6 nitrogen and oxygen atoms in total. The fraction of sp³-hybridized carbons (Fsp3) is 0.769. The van der Waals surface area contributed by atoms with Gasteiger partial charge in [0.05, 0.1) is 0 Å². The Balaban J connectivity index is 1.54. The van der Waals surface area contributed by atoms with Crippen LogP contribution in [-0.2, 0) is 11.3 Å². The van der Waals surface area contributed by atoms with E-state index in [1.807, 2.05) is 0 Å². The van der Waals surface area contributed by atoms with Gasteiger partial charge in [-0.15, -0.1) is 0 Å². The minimum Gasteiger partial charge on any atom is -0.353 e. The Morgan fingerprint density at radius 2 is 2.00 bits per heavy atom. The third-order valence-corrected chi connectivity index (χ3v) is 3.51. The largest absolute Gasteiger partial charge is 0.353 e. The first-order valence-corrected chi connectivity index (χ1v) is 7.17. The van der Waals surface area contributed by atoms with Crippen LogP contribution in [0.25, 0.3) is 0 Å². The molecule has 0 bridgehead atoms. The average Bonchev–Trinajstić information content (AvgIpc) is 2.76. The van der Waals surface area contributed by atoms with Crippen LogP contribution < -0.4 is 10.6 Å². The van der Waals surface area contributed by atoms with Crippen LogP contribution >= 0.6 is 0 Å². The fourth-order valence-corrected chi connectivity index (χ4v) is 2.48. The van der Waals surface area contributed by atoms with Crippen LogP contribution in [0.2, 0.25) is 0 Å². The predicted molar refractivity (Wildman–Crippen MR) is 72.5 cm³/mol. The zero-order valence-electron chi connectivity index (χ0n) is 11.3. The Hall–Kier alpha value is -1.43. The van der Waals surface area contributed by atoms with Gasteiger partial charge in [-0.05, 0) is 12.8 Å². The van der Waals surface area contributed by atoms with E-state index in [0.717, 1.165) is 6.54 Å². The van der Waals surface area contributed by atoms with E-state index < -0.39 is 0 Å². The number of nitrogens with zero attached hydrogens (tertiary/aromatic N) is 3. The number of hydrogen-bond acceptors (Lipinski definition) is 4. The first kappa shape index (κ1) is 14.0. The molecule has 0 saturated heterocycles. The second-order valence-electron chi connectivity index (χ2n) is 5.09. The lowest BCUT2D eigenvalue weighted by Crippen LogP contribution is -2.38. The molecule has 1 aliphatic carbocycles. The summed E-state index contributed by atoms with van der Waals surface area (Å²) in [5.74, 6) is -0.0202. The zero-order valence-corrected chi connectivity index (χ0v) is 11.3. The molecule has 0 unspecified atom stereocenters. The molecule has 19 heavy (non-hydrogen) atoms. The van der Waals surface area contributed by atoms with Crippen LogP contribution in [0.4, 0.5) is 0 Å². The summed E-state index contributed by atoms with van der Waals surface area (Å²) in [5.41, 5.74) is 0. The minimum atomic E-state index is -0.0202. The second-order valence-corrected chi connectivity index (χ2v) is 5.09. The summed E-state index contributed by atoms with van der Waals surface area (Å²) in [6.07, 6.45) is 10.9. The molecule has 6 heteroatoms. The van der Waals surface area contributed by atoms with Crippen molar-refractivity contribution in [3.63, 3.8) is 0 Å². The van der Waals surface area contributed by atoms with Crippen molar-refractivity contribution in [2.75, 3.05) is 13.1 Å². The molecule has 1 aliphatic rings. The SMILES string of the molecule is O=C(Cn1cncn1)NCCNC1CCCCCC1. The molecule has 0 spiro atoms. The van der Waals surface area contributed by atoms with E-state index in [9.17, 15) is 4.79 Å². The van der Waals surface area contributed by atoms with Crippen molar-refractivity contribution in [1.29, 1.82) is 0 Å². The zero-order chi connectivity index (χ0) is 13.3. The molecule has 1 saturated carbocycles. The highest BCUT2D eigenvalue weighted by molar-refractivity contribution is 5.75. The first-order chi connectivity index (χ1) is 9.34. The molecule has 0 radical (unpaired) electrons. The average molecular weight is 265 g/mol. The molecule has 106 valence electrons. The van der Waals surface area contributed by atoms with Gasteiger partial charge in [-0.1, -0.05) is 25.7 Å². The number of carbonyl (C=O) groups excluding carboxylic acids is 1. The van der Waals surface area contributed by atoms with Gasteiger partial charge < -0.3 is 10.6 Å². The van der Waals surface area contributed by atoms with E-state index in [-0.39, 0.29) is 12.5 Å². The van der Waals surface area contributed by atoms with Gasteiger partial charge in [-0.25, -0.2) is 9.67 Å². The van der Waals surface area contributed by atoms with Gasteiger partial charge in [0.15, 0.2) is 0 Å². The van der Waals surface area contributed by atoms with Crippen LogP contribution in [0.5, 0.6) is 0 Å². The maximum atomic E-state index is 11.6. The molecule has 2 rings (SSSR count). The van der Waals surface area contributed by atoms with Crippen molar-refractivity contribution in [3.8, 4) is 0 Å². The molecule has 1 aromatic rings. The van der Waals surface area contributed by atoms with Crippen molar-refractivity contribution < 1.29 is 4.79 Å². The van der Waals surface area contributed by atoms with Gasteiger partial charge in [-0.2, -0.15) is 5.10 Å². The predicted octanol–water partition coefficient (Wildman–Crippen LogP) is 0.707. The number of amides is 1. The number of aromatic nitrogens is 3. The molecule has 0 atom stereocenters. The second kappa shape index (κ2) is 7.89. The van der Waals surface area contributed by atoms with Gasteiger partial charge in [-0.3, -0.25) is 4.79 Å². The van der Waals surface area contributed by atoms with E-state index in [0.29, 0.717) is 12.6 Å². The summed E-state index contributed by atoms with van der Waals surface area (Å²) in [6.45, 7) is 1.75. The monoisotopic (exact) mass is 265 g/mol. The fourth-order valence-electron chi connectivity index (χ4n) is 2.48. The van der Waals surface area contributed by atoms with Crippen molar-refractivity contribution in [2.24, 2.45) is 0 Å². The van der Waals surface area contributed by atoms with E-state index in [1.54, 1.807) is 6.33 Å². The number of rotatable bonds is 6. The van der Waals surface area contributed by atoms with E-state index >= 15 is 0 Å². The molecule has 0 aromatic carbocycles. The molecule has 1 heterocycles. The Kier molecular flexibility index (Phi) is 5.81. The summed E-state index contributed by atoms with van der Waals surface area (Å²) < 4.78 is 1.52. The third kappa shape index (κ3) is 5.38. The summed E-state index contributed by atoms with van der Waals surface area (Å²) in [7, 11) is 0. The quantitative estimate of drug-likeness (QED) is 0.587. The van der Waals surface area contributed by atoms with Gasteiger partial charge in [0.25, 0.3) is 0 Å². The molecule has 0 aliphatic heterocycles. The van der Waals surface area contributed by atoms with Crippen LogP contribution in [0.1, 0.15) is 38.5 Å². The number of carbonyl (C=O) groups is 1.